The van der Waals surface area contributed by atoms with Gasteiger partial charge in [0, 0.05) is 17.2 Å². The Balaban J connectivity index is 2.44. The summed E-state index contributed by atoms with van der Waals surface area (Å²) in [5.41, 5.74) is 0.507. The maximum absolute atomic E-state index is 11.1. The highest BCUT2D eigenvalue weighted by molar-refractivity contribution is 7.99. The number of nitro groups is 1. The number of rotatable bonds is 4. The summed E-state index contributed by atoms with van der Waals surface area (Å²) in [6.45, 7) is 1.69. The molecule has 108 valence electrons. The number of halogens is 1. The van der Waals surface area contributed by atoms with Crippen LogP contribution < -0.4 is 0 Å². The highest BCUT2D eigenvalue weighted by Gasteiger charge is 2.18. The fraction of sp³-hybridized carbons (Fsp3) is 0.0769. The molecule has 0 aliphatic rings. The number of benzene rings is 1. The molecule has 6 nitrogen and oxygen atoms in total. The summed E-state index contributed by atoms with van der Waals surface area (Å²) in [5, 5.41) is 20.2. The number of nitrogens with zero attached hydrogens (tertiary/aromatic N) is 2. The highest BCUT2D eigenvalue weighted by Crippen LogP contribution is 2.36. The van der Waals surface area contributed by atoms with Crippen molar-refractivity contribution in [1.29, 1.82) is 0 Å². The Morgan fingerprint density at radius 3 is 2.81 bits per heavy atom. The Hall–Kier alpha value is -2.12. The van der Waals surface area contributed by atoms with E-state index in [4.69, 9.17) is 16.7 Å². The lowest BCUT2D eigenvalue weighted by molar-refractivity contribution is -0.384. The quantitative estimate of drug-likeness (QED) is 0.679. The van der Waals surface area contributed by atoms with Crippen molar-refractivity contribution < 1.29 is 14.8 Å². The molecule has 0 amide bonds. The zero-order valence-electron chi connectivity index (χ0n) is 10.7. The average molecular weight is 325 g/mol. The lowest BCUT2D eigenvalue weighted by atomic mass is 10.2. The van der Waals surface area contributed by atoms with Crippen LogP contribution in [0.3, 0.4) is 0 Å². The van der Waals surface area contributed by atoms with Crippen molar-refractivity contribution in [2.75, 3.05) is 0 Å². The Bertz CT molecular complexity index is 736. The number of aryl methyl sites for hydroxylation is 1. The number of nitro benzene ring substituents is 1. The molecular weight excluding hydrogens is 316 g/mol. The van der Waals surface area contributed by atoms with Crippen LogP contribution in [0.2, 0.25) is 5.02 Å². The van der Waals surface area contributed by atoms with Crippen molar-refractivity contribution in [3.8, 4) is 0 Å². The lowest BCUT2D eigenvalue weighted by Crippen LogP contribution is -2.00. The zero-order valence-corrected chi connectivity index (χ0v) is 12.3. The van der Waals surface area contributed by atoms with Gasteiger partial charge in [-0.25, -0.2) is 9.78 Å². The van der Waals surface area contributed by atoms with E-state index in [2.05, 4.69) is 4.98 Å². The summed E-state index contributed by atoms with van der Waals surface area (Å²) in [6.07, 6.45) is 1.48. The number of aromatic carboxylic acids is 1. The molecule has 0 saturated heterocycles. The molecule has 1 aromatic heterocycles. The fourth-order valence-electron chi connectivity index (χ4n) is 1.64. The molecule has 0 atom stereocenters. The number of aromatic nitrogens is 1. The molecule has 1 heterocycles. The molecule has 2 rings (SSSR count). The predicted molar refractivity (Wildman–Crippen MR) is 78.2 cm³/mol. The fourth-order valence-corrected chi connectivity index (χ4v) is 2.92. The first kappa shape index (κ1) is 15.3. The minimum Gasteiger partial charge on any atom is -0.478 e. The summed E-state index contributed by atoms with van der Waals surface area (Å²) in [5.74, 6) is -1.09. The Labute approximate surface area is 128 Å². The Morgan fingerprint density at radius 2 is 2.19 bits per heavy atom. The first-order valence-corrected chi connectivity index (χ1v) is 6.90. The first-order chi connectivity index (χ1) is 9.90. The van der Waals surface area contributed by atoms with Gasteiger partial charge < -0.3 is 5.11 Å². The van der Waals surface area contributed by atoms with Crippen molar-refractivity contribution >= 4 is 35.0 Å². The number of hydrogen-bond acceptors (Lipinski definition) is 5. The number of carboxylic acids is 1. The second-order valence-electron chi connectivity index (χ2n) is 4.09. The smallest absolute Gasteiger partial charge is 0.338 e. The molecule has 0 saturated carbocycles. The largest absolute Gasteiger partial charge is 0.478 e. The Morgan fingerprint density at radius 1 is 1.48 bits per heavy atom. The van der Waals surface area contributed by atoms with Gasteiger partial charge in [-0.3, -0.25) is 10.1 Å². The summed E-state index contributed by atoms with van der Waals surface area (Å²) < 4.78 is 0. The van der Waals surface area contributed by atoms with E-state index in [1.807, 2.05) is 0 Å². The molecule has 1 aromatic carbocycles. The van der Waals surface area contributed by atoms with E-state index in [9.17, 15) is 14.9 Å². The van der Waals surface area contributed by atoms with E-state index in [0.717, 1.165) is 11.8 Å². The van der Waals surface area contributed by atoms with E-state index < -0.39 is 10.9 Å². The van der Waals surface area contributed by atoms with Crippen LogP contribution >= 0.6 is 23.4 Å². The normalized spacial score (nSPS) is 10.4. The summed E-state index contributed by atoms with van der Waals surface area (Å²) in [4.78, 5) is 26.0. The SMILES string of the molecule is Cc1cc([N+](=O)[O-])c(Cl)cc1Sc1ncccc1C(=O)O. The van der Waals surface area contributed by atoms with Crippen LogP contribution in [0, 0.1) is 17.0 Å². The molecule has 0 fully saturated rings. The van der Waals surface area contributed by atoms with Gasteiger partial charge >= 0.3 is 5.97 Å². The van der Waals surface area contributed by atoms with Crippen molar-refractivity contribution in [2.24, 2.45) is 0 Å². The van der Waals surface area contributed by atoms with Gasteiger partial charge in [-0.2, -0.15) is 0 Å². The van der Waals surface area contributed by atoms with E-state index >= 15 is 0 Å². The van der Waals surface area contributed by atoms with E-state index in [1.165, 1.54) is 30.5 Å². The topological polar surface area (TPSA) is 93.3 Å². The van der Waals surface area contributed by atoms with E-state index in [-0.39, 0.29) is 16.3 Å². The van der Waals surface area contributed by atoms with Gasteiger partial charge in [0.05, 0.1) is 10.5 Å². The maximum Gasteiger partial charge on any atom is 0.338 e. The molecular formula is C13H9ClN2O4S. The van der Waals surface area contributed by atoms with E-state index in [0.29, 0.717) is 15.5 Å². The van der Waals surface area contributed by atoms with Crippen LogP contribution in [0.1, 0.15) is 15.9 Å². The van der Waals surface area contributed by atoms with Crippen LogP contribution in [0.25, 0.3) is 0 Å². The monoisotopic (exact) mass is 324 g/mol. The summed E-state index contributed by atoms with van der Waals surface area (Å²) in [6, 6.07) is 5.78. The number of carboxylic acid groups (broad SMARTS) is 1. The molecule has 0 aliphatic carbocycles. The molecule has 0 bridgehead atoms. The maximum atomic E-state index is 11.1. The predicted octanol–water partition coefficient (Wildman–Crippen LogP) is 3.80. The third kappa shape index (κ3) is 3.32. The third-order valence-electron chi connectivity index (χ3n) is 2.65. The molecule has 0 spiro atoms. The second kappa shape index (κ2) is 6.11. The lowest BCUT2D eigenvalue weighted by Gasteiger charge is -2.08. The van der Waals surface area contributed by atoms with Gasteiger partial charge in [-0.15, -0.1) is 0 Å². The van der Waals surface area contributed by atoms with Crippen molar-refractivity contribution in [2.45, 2.75) is 16.8 Å². The molecule has 21 heavy (non-hydrogen) atoms. The van der Waals surface area contributed by atoms with Gasteiger partial charge in [0.15, 0.2) is 0 Å². The number of carbonyl (C=O) groups is 1. The summed E-state index contributed by atoms with van der Waals surface area (Å²) in [7, 11) is 0. The van der Waals surface area contributed by atoms with Crippen molar-refractivity contribution in [3.05, 3.63) is 56.7 Å². The van der Waals surface area contributed by atoms with Crippen LogP contribution in [0.4, 0.5) is 5.69 Å². The third-order valence-corrected chi connectivity index (χ3v) is 4.13. The molecule has 1 N–H and O–H groups in total. The van der Waals surface area contributed by atoms with E-state index in [1.54, 1.807) is 6.92 Å². The van der Waals surface area contributed by atoms with Gasteiger partial charge in [-0.05, 0) is 30.7 Å². The van der Waals surface area contributed by atoms with Crippen molar-refractivity contribution in [3.63, 3.8) is 0 Å². The zero-order chi connectivity index (χ0) is 15.6. The average Bonchev–Trinajstić information content (AvgIpc) is 2.42. The molecule has 0 radical (unpaired) electrons. The minimum atomic E-state index is -1.09. The molecule has 8 heteroatoms. The standard InChI is InChI=1S/C13H9ClN2O4S/c1-7-5-10(16(19)20)9(14)6-11(7)21-12-8(13(17)18)3-2-4-15-12/h2-6H,1H3,(H,17,18). The minimum absolute atomic E-state index is 0.000839. The molecule has 2 aromatic rings. The number of pyridine rings is 1. The summed E-state index contributed by atoms with van der Waals surface area (Å²) >= 11 is 6.98. The van der Waals surface area contributed by atoms with Crippen molar-refractivity contribution in [1.82, 2.24) is 4.98 Å². The highest BCUT2D eigenvalue weighted by atomic mass is 35.5. The Kier molecular flexibility index (Phi) is 4.44. The first-order valence-electron chi connectivity index (χ1n) is 5.71. The molecule has 0 aliphatic heterocycles. The van der Waals surface area contributed by atoms with Crippen LogP contribution in [0.5, 0.6) is 0 Å². The number of hydrogen-bond donors (Lipinski definition) is 1. The van der Waals surface area contributed by atoms with Gasteiger partial charge in [-0.1, -0.05) is 23.4 Å². The van der Waals surface area contributed by atoms with Gasteiger partial charge in [0.25, 0.3) is 5.69 Å². The van der Waals surface area contributed by atoms with Crippen LogP contribution in [0.15, 0.2) is 40.4 Å². The van der Waals surface area contributed by atoms with Gasteiger partial charge in [0.2, 0.25) is 0 Å². The molecule has 0 unspecified atom stereocenters. The van der Waals surface area contributed by atoms with Crippen LogP contribution in [-0.2, 0) is 0 Å². The van der Waals surface area contributed by atoms with Gasteiger partial charge in [0.1, 0.15) is 10.0 Å². The van der Waals surface area contributed by atoms with Crippen LogP contribution in [-0.4, -0.2) is 21.0 Å². The second-order valence-corrected chi connectivity index (χ2v) is 5.53.